The van der Waals surface area contributed by atoms with Crippen LogP contribution in [0.5, 0.6) is 5.75 Å². The van der Waals surface area contributed by atoms with Crippen molar-refractivity contribution in [2.75, 3.05) is 6.61 Å². The number of halogens is 1. The lowest BCUT2D eigenvalue weighted by Gasteiger charge is -2.41. The topological polar surface area (TPSA) is 52.5 Å². The van der Waals surface area contributed by atoms with Crippen LogP contribution in [-0.2, 0) is 6.54 Å². The second kappa shape index (κ2) is 4.39. The van der Waals surface area contributed by atoms with Gasteiger partial charge in [-0.2, -0.15) is 0 Å². The first-order valence-electron chi connectivity index (χ1n) is 5.48. The van der Waals surface area contributed by atoms with Crippen LogP contribution in [0.2, 0.25) is 0 Å². The molecular weight excluding hydrogens is 209 g/mol. The third-order valence-electron chi connectivity index (χ3n) is 3.22. The highest BCUT2D eigenvalue weighted by Crippen LogP contribution is 2.31. The van der Waals surface area contributed by atoms with Crippen LogP contribution >= 0.6 is 0 Å². The lowest BCUT2D eigenvalue weighted by Crippen LogP contribution is -2.53. The van der Waals surface area contributed by atoms with Gasteiger partial charge in [-0.3, -0.25) is 0 Å². The van der Waals surface area contributed by atoms with Gasteiger partial charge in [0.05, 0.1) is 6.61 Å². The Bertz CT molecular complexity index is 352. The number of benzene rings is 1. The minimum absolute atomic E-state index is 0.0662. The van der Waals surface area contributed by atoms with E-state index in [4.69, 9.17) is 0 Å². The number of phenolic OH excluding ortho intramolecular Hbond substituents is 1. The number of aromatic hydroxyl groups is 1. The first-order valence-corrected chi connectivity index (χ1v) is 5.48. The molecule has 4 heteroatoms. The predicted octanol–water partition coefficient (Wildman–Crippen LogP) is 1.54. The van der Waals surface area contributed by atoms with Crippen LogP contribution in [0, 0.1) is 5.82 Å². The van der Waals surface area contributed by atoms with E-state index in [1.54, 1.807) is 0 Å². The first kappa shape index (κ1) is 11.4. The van der Waals surface area contributed by atoms with E-state index in [1.807, 2.05) is 0 Å². The number of hydrogen-bond donors (Lipinski definition) is 3. The highest BCUT2D eigenvalue weighted by molar-refractivity contribution is 5.28. The van der Waals surface area contributed by atoms with E-state index in [2.05, 4.69) is 5.32 Å². The minimum Gasteiger partial charge on any atom is -0.508 e. The Labute approximate surface area is 93.9 Å². The maximum absolute atomic E-state index is 13.0. The molecule has 0 atom stereocenters. The summed E-state index contributed by atoms with van der Waals surface area (Å²) in [5.41, 5.74) is 0.499. The van der Waals surface area contributed by atoms with Crippen molar-refractivity contribution in [3.63, 3.8) is 0 Å². The molecule has 0 bridgehead atoms. The van der Waals surface area contributed by atoms with Crippen LogP contribution in [-0.4, -0.2) is 22.4 Å². The average Bonchev–Trinajstić information content (AvgIpc) is 2.15. The van der Waals surface area contributed by atoms with Crippen LogP contribution in [0.25, 0.3) is 0 Å². The molecule has 0 aromatic heterocycles. The van der Waals surface area contributed by atoms with Crippen molar-refractivity contribution in [2.24, 2.45) is 0 Å². The van der Waals surface area contributed by atoms with Crippen molar-refractivity contribution >= 4 is 0 Å². The fraction of sp³-hybridized carbons (Fsp3) is 0.500. The maximum Gasteiger partial charge on any atom is 0.127 e. The van der Waals surface area contributed by atoms with Gasteiger partial charge < -0.3 is 15.5 Å². The molecule has 2 rings (SSSR count). The molecular formula is C12H16FNO2. The Morgan fingerprint density at radius 1 is 1.31 bits per heavy atom. The monoisotopic (exact) mass is 225 g/mol. The summed E-state index contributed by atoms with van der Waals surface area (Å²) in [5, 5.41) is 21.7. The molecule has 0 saturated heterocycles. The van der Waals surface area contributed by atoms with Crippen LogP contribution in [0.3, 0.4) is 0 Å². The number of hydrogen-bond acceptors (Lipinski definition) is 3. The zero-order chi connectivity index (χ0) is 11.6. The average molecular weight is 225 g/mol. The largest absolute Gasteiger partial charge is 0.508 e. The summed E-state index contributed by atoms with van der Waals surface area (Å²) in [6.07, 6.45) is 3.01. The van der Waals surface area contributed by atoms with Crippen molar-refractivity contribution < 1.29 is 14.6 Å². The second-order valence-electron chi connectivity index (χ2n) is 4.46. The molecule has 0 spiro atoms. The highest BCUT2D eigenvalue weighted by atomic mass is 19.1. The Kier molecular flexibility index (Phi) is 3.12. The van der Waals surface area contributed by atoms with Gasteiger partial charge in [-0.05, 0) is 37.0 Å². The van der Waals surface area contributed by atoms with Crippen LogP contribution in [0.4, 0.5) is 4.39 Å². The fourth-order valence-corrected chi connectivity index (χ4v) is 2.02. The lowest BCUT2D eigenvalue weighted by atomic mass is 9.77. The normalized spacial score (nSPS) is 18.1. The third-order valence-corrected chi connectivity index (χ3v) is 3.22. The fourth-order valence-electron chi connectivity index (χ4n) is 2.02. The molecule has 0 unspecified atom stereocenters. The van der Waals surface area contributed by atoms with Gasteiger partial charge in [0, 0.05) is 18.2 Å². The van der Waals surface area contributed by atoms with Crippen molar-refractivity contribution in [3.8, 4) is 5.75 Å². The molecule has 16 heavy (non-hydrogen) atoms. The molecule has 1 aliphatic rings. The van der Waals surface area contributed by atoms with E-state index >= 15 is 0 Å². The Hall–Kier alpha value is -1.13. The van der Waals surface area contributed by atoms with E-state index in [0.29, 0.717) is 12.1 Å². The number of aliphatic hydroxyl groups is 1. The van der Waals surface area contributed by atoms with Gasteiger partial charge in [0.25, 0.3) is 0 Å². The van der Waals surface area contributed by atoms with E-state index in [0.717, 1.165) is 25.3 Å². The summed E-state index contributed by atoms with van der Waals surface area (Å²) in [4.78, 5) is 0. The summed E-state index contributed by atoms with van der Waals surface area (Å²) in [7, 11) is 0. The van der Waals surface area contributed by atoms with Crippen molar-refractivity contribution in [2.45, 2.75) is 31.3 Å². The second-order valence-corrected chi connectivity index (χ2v) is 4.46. The number of aliphatic hydroxyl groups excluding tert-OH is 1. The van der Waals surface area contributed by atoms with Gasteiger partial charge in [-0.25, -0.2) is 4.39 Å². The standard InChI is InChI=1S/C12H16FNO2/c13-10-4-9(5-11(16)6-10)7-14-12(8-15)2-1-3-12/h4-6,14-16H,1-3,7-8H2. The third kappa shape index (κ3) is 2.33. The van der Waals surface area contributed by atoms with Crippen LogP contribution in [0.15, 0.2) is 18.2 Å². The molecule has 3 N–H and O–H groups in total. The van der Waals surface area contributed by atoms with Gasteiger partial charge in [0.15, 0.2) is 0 Å². The minimum atomic E-state index is -0.441. The van der Waals surface area contributed by atoms with E-state index in [1.165, 1.54) is 12.1 Å². The van der Waals surface area contributed by atoms with Gasteiger partial charge in [-0.15, -0.1) is 0 Å². The van der Waals surface area contributed by atoms with E-state index in [-0.39, 0.29) is 17.9 Å². The summed E-state index contributed by atoms with van der Waals surface area (Å²) in [6.45, 7) is 0.570. The number of phenols is 1. The summed E-state index contributed by atoms with van der Waals surface area (Å²) < 4.78 is 13.0. The van der Waals surface area contributed by atoms with Crippen molar-refractivity contribution in [3.05, 3.63) is 29.6 Å². The Morgan fingerprint density at radius 2 is 2.06 bits per heavy atom. The quantitative estimate of drug-likeness (QED) is 0.728. The summed E-state index contributed by atoms with van der Waals surface area (Å²) in [5.74, 6) is -0.507. The Balaban J connectivity index is 1.98. The highest BCUT2D eigenvalue weighted by Gasteiger charge is 2.35. The molecule has 1 aromatic rings. The maximum atomic E-state index is 13.0. The molecule has 88 valence electrons. The molecule has 0 amide bonds. The van der Waals surface area contributed by atoms with E-state index in [9.17, 15) is 14.6 Å². The zero-order valence-electron chi connectivity index (χ0n) is 9.04. The molecule has 1 saturated carbocycles. The smallest absolute Gasteiger partial charge is 0.127 e. The SMILES string of the molecule is OCC1(NCc2cc(O)cc(F)c2)CCC1. The summed E-state index contributed by atoms with van der Waals surface area (Å²) in [6, 6.07) is 3.99. The molecule has 3 nitrogen and oxygen atoms in total. The van der Waals surface area contributed by atoms with Gasteiger partial charge in [0.1, 0.15) is 11.6 Å². The molecule has 1 fully saturated rings. The van der Waals surface area contributed by atoms with Gasteiger partial charge in [-0.1, -0.05) is 0 Å². The first-order chi connectivity index (χ1) is 7.63. The number of rotatable bonds is 4. The lowest BCUT2D eigenvalue weighted by molar-refractivity contribution is 0.0872. The molecule has 0 radical (unpaired) electrons. The molecule has 1 aromatic carbocycles. The van der Waals surface area contributed by atoms with Crippen LogP contribution in [0.1, 0.15) is 24.8 Å². The van der Waals surface area contributed by atoms with E-state index < -0.39 is 5.82 Å². The number of nitrogens with one attached hydrogen (secondary N) is 1. The van der Waals surface area contributed by atoms with Gasteiger partial charge >= 0.3 is 0 Å². The summed E-state index contributed by atoms with van der Waals surface area (Å²) >= 11 is 0. The van der Waals surface area contributed by atoms with Crippen molar-refractivity contribution in [1.29, 1.82) is 0 Å². The zero-order valence-corrected chi connectivity index (χ0v) is 9.04. The molecule has 1 aliphatic carbocycles. The molecule has 0 aliphatic heterocycles. The predicted molar refractivity (Wildman–Crippen MR) is 58.6 cm³/mol. The van der Waals surface area contributed by atoms with Gasteiger partial charge in [0.2, 0.25) is 0 Å². The Morgan fingerprint density at radius 3 is 2.56 bits per heavy atom. The van der Waals surface area contributed by atoms with Crippen LogP contribution < -0.4 is 5.32 Å². The van der Waals surface area contributed by atoms with Crippen molar-refractivity contribution in [1.82, 2.24) is 5.32 Å². The molecule has 0 heterocycles.